The van der Waals surface area contributed by atoms with E-state index in [2.05, 4.69) is 61.7 Å². The molecule has 6 heteroatoms. The third kappa shape index (κ3) is 13.4. The monoisotopic (exact) mass is 394 g/mol. The molecule has 0 atom stereocenters. The van der Waals surface area contributed by atoms with Crippen molar-refractivity contribution >= 4 is 17.8 Å². The molecule has 0 amide bonds. The van der Waals surface area contributed by atoms with E-state index < -0.39 is 0 Å². The summed E-state index contributed by atoms with van der Waals surface area (Å²) in [6.07, 6.45) is 3.90. The molecule has 2 rings (SSSR count). The van der Waals surface area contributed by atoms with Gasteiger partial charge < -0.3 is 20.6 Å². The molecule has 0 unspecified atom stereocenters. The Morgan fingerprint density at radius 1 is 1.18 bits per heavy atom. The van der Waals surface area contributed by atoms with Gasteiger partial charge >= 0.3 is 0 Å². The zero-order valence-corrected chi connectivity index (χ0v) is 18.6. The van der Waals surface area contributed by atoms with Gasteiger partial charge in [-0.25, -0.2) is 0 Å². The number of rotatable bonds is 7. The third-order valence-electron chi connectivity index (χ3n) is 4.75. The van der Waals surface area contributed by atoms with Gasteiger partial charge in [-0.05, 0) is 64.1 Å². The first-order chi connectivity index (χ1) is 13.3. The molecule has 0 bridgehead atoms. The molecule has 3 N–H and O–H groups in total. The molecule has 6 nitrogen and oxygen atoms in total. The van der Waals surface area contributed by atoms with Crippen molar-refractivity contribution in [2.75, 3.05) is 64.0 Å². The van der Waals surface area contributed by atoms with Gasteiger partial charge in [0.1, 0.15) is 0 Å². The van der Waals surface area contributed by atoms with Crippen LogP contribution in [0.1, 0.15) is 40.0 Å². The van der Waals surface area contributed by atoms with Crippen molar-refractivity contribution in [2.45, 2.75) is 40.0 Å². The lowest BCUT2D eigenvalue weighted by Crippen LogP contribution is -2.46. The number of piperazine rings is 1. The summed E-state index contributed by atoms with van der Waals surface area (Å²) in [6, 6.07) is 8.22. The van der Waals surface area contributed by atoms with Gasteiger partial charge in [0.2, 0.25) is 0 Å². The number of carboxylic acid groups (broad SMARTS) is 1. The Hall–Kier alpha value is -1.79. The predicted octanol–water partition coefficient (Wildman–Crippen LogP) is 3.49. The van der Waals surface area contributed by atoms with Crippen LogP contribution in [0.3, 0.4) is 0 Å². The quantitative estimate of drug-likeness (QED) is 0.419. The van der Waals surface area contributed by atoms with E-state index in [1.807, 2.05) is 12.1 Å². The van der Waals surface area contributed by atoms with Crippen LogP contribution in [-0.2, 0) is 4.79 Å². The fraction of sp³-hybridized carbons (Fsp3) is 0.682. The maximum Gasteiger partial charge on any atom is 0.290 e. The highest BCUT2D eigenvalue weighted by molar-refractivity contribution is 5.56. The molecule has 1 fully saturated rings. The lowest BCUT2D eigenvalue weighted by molar-refractivity contribution is -0.122. The molecule has 0 spiro atoms. The summed E-state index contributed by atoms with van der Waals surface area (Å²) >= 11 is 0. The molecule has 1 aromatic rings. The fourth-order valence-corrected chi connectivity index (χ4v) is 2.71. The van der Waals surface area contributed by atoms with Crippen LogP contribution in [0.5, 0.6) is 0 Å². The normalized spacial score (nSPS) is 14.2. The number of benzene rings is 1. The summed E-state index contributed by atoms with van der Waals surface area (Å²) < 4.78 is 0. The first kappa shape index (κ1) is 26.2. The Morgan fingerprint density at radius 3 is 2.21 bits per heavy atom. The van der Waals surface area contributed by atoms with Crippen LogP contribution >= 0.6 is 0 Å². The number of nitrogen functional groups attached to an aromatic ring is 1. The highest BCUT2D eigenvalue weighted by Crippen LogP contribution is 2.19. The standard InChI is InChI=1S/C16H28N4.C5H12.CH2O2/c1-18(2)8-3-4-9-19-10-12-20(13-11-19)16-7-5-6-15(17)14-16;1-4-5(2)3;2-1-3/h5-7,14H,3-4,8-13,17H2,1-2H3;5H,4H2,1-3H3;1H,(H,2,3). The van der Waals surface area contributed by atoms with Crippen LogP contribution in [0, 0.1) is 5.92 Å². The van der Waals surface area contributed by atoms with Crippen molar-refractivity contribution in [2.24, 2.45) is 5.92 Å². The maximum absolute atomic E-state index is 8.36. The summed E-state index contributed by atoms with van der Waals surface area (Å²) in [6.45, 7) is 13.4. The third-order valence-corrected chi connectivity index (χ3v) is 4.75. The molecule has 1 aliphatic heterocycles. The molecule has 162 valence electrons. The second-order valence-electron chi connectivity index (χ2n) is 7.84. The van der Waals surface area contributed by atoms with Gasteiger partial charge in [-0.2, -0.15) is 0 Å². The smallest absolute Gasteiger partial charge is 0.290 e. The Morgan fingerprint density at radius 2 is 1.75 bits per heavy atom. The van der Waals surface area contributed by atoms with Gasteiger partial charge in [0.15, 0.2) is 0 Å². The number of hydrogen-bond acceptors (Lipinski definition) is 5. The van der Waals surface area contributed by atoms with Gasteiger partial charge in [-0.1, -0.05) is 33.3 Å². The molecule has 1 saturated heterocycles. The van der Waals surface area contributed by atoms with Gasteiger partial charge in [-0.15, -0.1) is 0 Å². The Bertz CT molecular complexity index is 501. The van der Waals surface area contributed by atoms with Crippen molar-refractivity contribution in [1.82, 2.24) is 9.80 Å². The van der Waals surface area contributed by atoms with E-state index in [1.165, 1.54) is 38.0 Å². The number of nitrogens with zero attached hydrogens (tertiary/aromatic N) is 3. The maximum atomic E-state index is 8.36. The first-order valence-electron chi connectivity index (χ1n) is 10.4. The highest BCUT2D eigenvalue weighted by Gasteiger charge is 2.16. The minimum absolute atomic E-state index is 0.250. The topological polar surface area (TPSA) is 73.0 Å². The zero-order chi connectivity index (χ0) is 21.4. The second kappa shape index (κ2) is 16.2. The van der Waals surface area contributed by atoms with E-state index >= 15 is 0 Å². The number of nitrogens with two attached hydrogens (primary N) is 1. The Kier molecular flexibility index (Phi) is 15.2. The van der Waals surface area contributed by atoms with Crippen molar-refractivity contribution in [1.29, 1.82) is 0 Å². The van der Waals surface area contributed by atoms with Gasteiger partial charge in [0.25, 0.3) is 6.47 Å². The van der Waals surface area contributed by atoms with E-state index in [0.717, 1.165) is 37.8 Å². The molecule has 0 radical (unpaired) electrons. The van der Waals surface area contributed by atoms with Crippen LogP contribution in [0.25, 0.3) is 0 Å². The van der Waals surface area contributed by atoms with Crippen LogP contribution in [0.2, 0.25) is 0 Å². The van der Waals surface area contributed by atoms with E-state index in [-0.39, 0.29) is 6.47 Å². The Labute approximate surface area is 172 Å². The van der Waals surface area contributed by atoms with Crippen molar-refractivity contribution in [3.05, 3.63) is 24.3 Å². The molecule has 1 aliphatic rings. The van der Waals surface area contributed by atoms with E-state index in [9.17, 15) is 0 Å². The van der Waals surface area contributed by atoms with E-state index in [0.29, 0.717) is 0 Å². The van der Waals surface area contributed by atoms with Crippen molar-refractivity contribution < 1.29 is 9.90 Å². The second-order valence-corrected chi connectivity index (χ2v) is 7.84. The highest BCUT2D eigenvalue weighted by atomic mass is 16.3. The zero-order valence-electron chi connectivity index (χ0n) is 18.6. The number of anilines is 2. The minimum Gasteiger partial charge on any atom is -0.483 e. The van der Waals surface area contributed by atoms with Gasteiger partial charge in [0, 0.05) is 37.6 Å². The fourth-order valence-electron chi connectivity index (χ4n) is 2.71. The molecule has 0 aliphatic carbocycles. The molecular formula is C22H42N4O2. The summed E-state index contributed by atoms with van der Waals surface area (Å²) in [5, 5.41) is 6.89. The molecule has 1 heterocycles. The van der Waals surface area contributed by atoms with Gasteiger partial charge in [-0.3, -0.25) is 9.69 Å². The molecule has 0 saturated carbocycles. The SMILES string of the molecule is CCC(C)C.CN(C)CCCCN1CCN(c2cccc(N)c2)CC1.O=CO. The Balaban J connectivity index is 0.000000777. The van der Waals surface area contributed by atoms with Gasteiger partial charge in [0.05, 0.1) is 0 Å². The summed E-state index contributed by atoms with van der Waals surface area (Å²) in [4.78, 5) is 15.6. The van der Waals surface area contributed by atoms with E-state index in [1.54, 1.807) is 0 Å². The molecule has 1 aromatic carbocycles. The van der Waals surface area contributed by atoms with Crippen LogP contribution in [-0.4, -0.2) is 74.7 Å². The summed E-state index contributed by atoms with van der Waals surface area (Å²) in [5.41, 5.74) is 7.97. The number of unbranched alkanes of at least 4 members (excludes halogenated alkanes) is 1. The number of carbonyl (C=O) groups is 1. The van der Waals surface area contributed by atoms with Crippen LogP contribution in [0.4, 0.5) is 11.4 Å². The van der Waals surface area contributed by atoms with Crippen LogP contribution in [0.15, 0.2) is 24.3 Å². The minimum atomic E-state index is -0.250. The first-order valence-corrected chi connectivity index (χ1v) is 10.4. The van der Waals surface area contributed by atoms with Crippen LogP contribution < -0.4 is 10.6 Å². The largest absolute Gasteiger partial charge is 0.483 e. The summed E-state index contributed by atoms with van der Waals surface area (Å²) in [7, 11) is 4.29. The van der Waals surface area contributed by atoms with E-state index in [4.69, 9.17) is 15.6 Å². The average molecular weight is 395 g/mol. The molecule has 28 heavy (non-hydrogen) atoms. The predicted molar refractivity (Wildman–Crippen MR) is 121 cm³/mol. The van der Waals surface area contributed by atoms with Crippen molar-refractivity contribution in [3.63, 3.8) is 0 Å². The molecular weight excluding hydrogens is 352 g/mol. The lowest BCUT2D eigenvalue weighted by atomic mass is 10.2. The average Bonchev–Trinajstić information content (AvgIpc) is 2.67. The van der Waals surface area contributed by atoms with Crippen molar-refractivity contribution in [3.8, 4) is 0 Å². The lowest BCUT2D eigenvalue weighted by Gasteiger charge is -2.36. The molecule has 0 aromatic heterocycles. The summed E-state index contributed by atoms with van der Waals surface area (Å²) in [5.74, 6) is 0.884. The number of hydrogen-bond donors (Lipinski definition) is 2.